The van der Waals surface area contributed by atoms with E-state index in [2.05, 4.69) is 29.2 Å². The number of amides is 1. The Morgan fingerprint density at radius 2 is 2.00 bits per heavy atom. The van der Waals surface area contributed by atoms with Gasteiger partial charge in [0.1, 0.15) is 0 Å². The van der Waals surface area contributed by atoms with Crippen LogP contribution >= 0.6 is 11.3 Å². The molecule has 0 spiro atoms. The molecule has 1 fully saturated rings. The molecule has 0 bridgehead atoms. The zero-order chi connectivity index (χ0) is 17.8. The molecule has 1 amide bonds. The number of thiophene rings is 1. The molecule has 0 radical (unpaired) electrons. The lowest BCUT2D eigenvalue weighted by molar-refractivity contribution is 0.0510. The van der Waals surface area contributed by atoms with E-state index in [0.29, 0.717) is 13.1 Å². The van der Waals surface area contributed by atoms with Crippen molar-refractivity contribution < 1.29 is 9.53 Å². The SMILES string of the molecule is Cc1ccsc1C(=O)N(Cc1ccc(N(C)C)cc1)CC1CCCO1. The molecule has 1 aliphatic heterocycles. The summed E-state index contributed by atoms with van der Waals surface area (Å²) in [4.78, 5) is 17.9. The molecule has 2 aromatic rings. The first-order chi connectivity index (χ1) is 12.0. The van der Waals surface area contributed by atoms with E-state index in [9.17, 15) is 4.79 Å². The zero-order valence-corrected chi connectivity index (χ0v) is 16.0. The van der Waals surface area contributed by atoms with Crippen molar-refractivity contribution in [1.82, 2.24) is 4.90 Å². The summed E-state index contributed by atoms with van der Waals surface area (Å²) in [5.74, 6) is 0.111. The molecule has 0 aliphatic carbocycles. The number of rotatable bonds is 6. The van der Waals surface area contributed by atoms with E-state index >= 15 is 0 Å². The number of aryl methyl sites for hydroxylation is 1. The van der Waals surface area contributed by atoms with E-state index in [-0.39, 0.29) is 12.0 Å². The van der Waals surface area contributed by atoms with E-state index in [0.717, 1.165) is 41.1 Å². The molecular weight excluding hydrogens is 332 g/mol. The van der Waals surface area contributed by atoms with Crippen LogP contribution in [0.25, 0.3) is 0 Å². The fourth-order valence-corrected chi connectivity index (χ4v) is 4.00. The molecule has 5 heteroatoms. The Hall–Kier alpha value is -1.85. The van der Waals surface area contributed by atoms with Gasteiger partial charge in [-0.25, -0.2) is 0 Å². The van der Waals surface area contributed by atoms with Gasteiger partial charge in [-0.05, 0) is 54.5 Å². The Labute approximate surface area is 154 Å². The number of carbonyl (C=O) groups is 1. The summed E-state index contributed by atoms with van der Waals surface area (Å²) in [6.07, 6.45) is 2.28. The number of nitrogens with zero attached hydrogens (tertiary/aromatic N) is 2. The van der Waals surface area contributed by atoms with Crippen LogP contribution in [0.3, 0.4) is 0 Å². The second-order valence-corrected chi connectivity index (χ2v) is 7.73. The van der Waals surface area contributed by atoms with Crippen molar-refractivity contribution in [1.29, 1.82) is 0 Å². The highest BCUT2D eigenvalue weighted by Crippen LogP contribution is 2.22. The predicted molar refractivity (Wildman–Crippen MR) is 104 cm³/mol. The van der Waals surface area contributed by atoms with Crippen LogP contribution in [0, 0.1) is 6.92 Å². The van der Waals surface area contributed by atoms with E-state index < -0.39 is 0 Å². The standard InChI is InChI=1S/C20H26N2O2S/c1-15-10-12-25-19(15)20(23)22(14-18-5-4-11-24-18)13-16-6-8-17(9-7-16)21(2)3/h6-10,12,18H,4-5,11,13-14H2,1-3H3. The van der Waals surface area contributed by atoms with Crippen LogP contribution in [0.2, 0.25) is 0 Å². The largest absolute Gasteiger partial charge is 0.378 e. The first-order valence-electron chi connectivity index (χ1n) is 8.76. The summed E-state index contributed by atoms with van der Waals surface area (Å²) < 4.78 is 5.77. The fourth-order valence-electron chi connectivity index (χ4n) is 3.11. The number of carbonyl (C=O) groups excluding carboxylic acids is 1. The molecule has 134 valence electrons. The third-order valence-electron chi connectivity index (χ3n) is 4.62. The highest BCUT2D eigenvalue weighted by molar-refractivity contribution is 7.12. The van der Waals surface area contributed by atoms with Crippen LogP contribution in [0.1, 0.15) is 33.6 Å². The van der Waals surface area contributed by atoms with Crippen molar-refractivity contribution in [2.75, 3.05) is 32.1 Å². The molecule has 1 aliphatic rings. The Bertz CT molecular complexity index is 703. The maximum absolute atomic E-state index is 13.1. The molecule has 25 heavy (non-hydrogen) atoms. The van der Waals surface area contributed by atoms with Gasteiger partial charge in [0.2, 0.25) is 0 Å². The maximum Gasteiger partial charge on any atom is 0.264 e. The van der Waals surface area contributed by atoms with Crippen molar-refractivity contribution in [3.63, 3.8) is 0 Å². The molecule has 1 aromatic carbocycles. The minimum absolute atomic E-state index is 0.111. The molecule has 0 N–H and O–H groups in total. The molecule has 3 rings (SSSR count). The number of hydrogen-bond acceptors (Lipinski definition) is 4. The Morgan fingerprint density at radius 3 is 2.56 bits per heavy atom. The van der Waals surface area contributed by atoms with Gasteiger partial charge in [-0.3, -0.25) is 4.79 Å². The van der Waals surface area contributed by atoms with Crippen LogP contribution < -0.4 is 4.90 Å². The second-order valence-electron chi connectivity index (χ2n) is 6.81. The lowest BCUT2D eigenvalue weighted by Crippen LogP contribution is -2.36. The van der Waals surface area contributed by atoms with Crippen molar-refractivity contribution in [2.45, 2.75) is 32.4 Å². The molecule has 1 atom stereocenters. The normalized spacial score (nSPS) is 16.8. The molecule has 1 aromatic heterocycles. The van der Waals surface area contributed by atoms with Crippen LogP contribution in [-0.4, -0.2) is 44.2 Å². The van der Waals surface area contributed by atoms with Crippen molar-refractivity contribution in [2.24, 2.45) is 0 Å². The van der Waals surface area contributed by atoms with Crippen LogP contribution in [0.4, 0.5) is 5.69 Å². The molecule has 2 heterocycles. The van der Waals surface area contributed by atoms with Gasteiger partial charge in [0, 0.05) is 39.5 Å². The van der Waals surface area contributed by atoms with E-state index in [1.807, 2.05) is 37.4 Å². The van der Waals surface area contributed by atoms with Crippen LogP contribution in [-0.2, 0) is 11.3 Å². The van der Waals surface area contributed by atoms with E-state index in [1.54, 1.807) is 0 Å². The smallest absolute Gasteiger partial charge is 0.264 e. The van der Waals surface area contributed by atoms with Gasteiger partial charge in [-0.2, -0.15) is 0 Å². The monoisotopic (exact) mass is 358 g/mol. The lowest BCUT2D eigenvalue weighted by Gasteiger charge is -2.26. The topological polar surface area (TPSA) is 32.8 Å². The first kappa shape index (κ1) is 18.0. The summed E-state index contributed by atoms with van der Waals surface area (Å²) in [6.45, 7) is 4.08. The predicted octanol–water partition coefficient (Wildman–Crippen LogP) is 3.94. The average molecular weight is 359 g/mol. The summed E-state index contributed by atoms with van der Waals surface area (Å²) in [7, 11) is 4.06. The van der Waals surface area contributed by atoms with E-state index in [4.69, 9.17) is 4.74 Å². The van der Waals surface area contributed by atoms with Gasteiger partial charge in [0.25, 0.3) is 5.91 Å². The average Bonchev–Trinajstić information content (AvgIpc) is 3.25. The van der Waals surface area contributed by atoms with Crippen LogP contribution in [0.15, 0.2) is 35.7 Å². The number of ether oxygens (including phenoxy) is 1. The highest BCUT2D eigenvalue weighted by atomic mass is 32.1. The van der Waals surface area contributed by atoms with Gasteiger partial charge in [-0.1, -0.05) is 12.1 Å². The third kappa shape index (κ3) is 4.41. The number of benzene rings is 1. The number of hydrogen-bond donors (Lipinski definition) is 0. The molecule has 4 nitrogen and oxygen atoms in total. The molecular formula is C20H26N2O2S. The van der Waals surface area contributed by atoms with Gasteiger partial charge in [-0.15, -0.1) is 11.3 Å². The number of anilines is 1. The van der Waals surface area contributed by atoms with Crippen molar-refractivity contribution >= 4 is 22.9 Å². The van der Waals surface area contributed by atoms with Crippen LogP contribution in [0.5, 0.6) is 0 Å². The molecule has 1 saturated heterocycles. The first-order valence-corrected chi connectivity index (χ1v) is 9.64. The minimum atomic E-state index is 0.111. The quantitative estimate of drug-likeness (QED) is 0.784. The summed E-state index contributed by atoms with van der Waals surface area (Å²) >= 11 is 1.52. The minimum Gasteiger partial charge on any atom is -0.378 e. The third-order valence-corrected chi connectivity index (χ3v) is 5.62. The van der Waals surface area contributed by atoms with Crippen molar-refractivity contribution in [3.8, 4) is 0 Å². The molecule has 0 saturated carbocycles. The zero-order valence-electron chi connectivity index (χ0n) is 15.2. The summed E-state index contributed by atoms with van der Waals surface area (Å²) in [5.41, 5.74) is 3.36. The maximum atomic E-state index is 13.1. The van der Waals surface area contributed by atoms with Gasteiger partial charge < -0.3 is 14.5 Å². The summed E-state index contributed by atoms with van der Waals surface area (Å²) in [6, 6.07) is 10.4. The Balaban J connectivity index is 1.77. The van der Waals surface area contributed by atoms with E-state index in [1.165, 1.54) is 11.3 Å². The highest BCUT2D eigenvalue weighted by Gasteiger charge is 2.25. The Morgan fingerprint density at radius 1 is 1.24 bits per heavy atom. The van der Waals surface area contributed by atoms with Gasteiger partial charge >= 0.3 is 0 Å². The van der Waals surface area contributed by atoms with Gasteiger partial charge in [0.05, 0.1) is 11.0 Å². The Kier molecular flexibility index (Phi) is 5.76. The lowest BCUT2D eigenvalue weighted by atomic mass is 10.1. The van der Waals surface area contributed by atoms with Crippen molar-refractivity contribution in [3.05, 3.63) is 51.7 Å². The second kappa shape index (κ2) is 8.02. The summed E-state index contributed by atoms with van der Waals surface area (Å²) in [5, 5.41) is 1.98. The fraction of sp³-hybridized carbons (Fsp3) is 0.450. The molecule has 1 unspecified atom stereocenters. The van der Waals surface area contributed by atoms with Gasteiger partial charge in [0.15, 0.2) is 0 Å².